The van der Waals surface area contributed by atoms with E-state index in [0.29, 0.717) is 0 Å². The van der Waals surface area contributed by atoms with Gasteiger partial charge in [0.2, 0.25) is 0 Å². The van der Waals surface area contributed by atoms with Gasteiger partial charge in [-0.1, -0.05) is 18.2 Å². The van der Waals surface area contributed by atoms with Gasteiger partial charge in [-0.05, 0) is 0 Å². The maximum absolute atomic E-state index is 10.8. The Balaban J connectivity index is 4.03. The Hall–Kier alpha value is 0.290. The first-order chi connectivity index (χ1) is 6.12. The van der Waals surface area contributed by atoms with Crippen LogP contribution in [0.25, 0.3) is 0 Å². The van der Waals surface area contributed by atoms with Gasteiger partial charge in [-0.2, -0.15) is 4.31 Å². The molecule has 0 spiro atoms. The first-order valence-corrected chi connectivity index (χ1v) is 6.60. The van der Waals surface area contributed by atoms with Crippen LogP contribution < -0.4 is 0 Å². The third kappa shape index (κ3) is 8.87. The lowest BCUT2D eigenvalue weighted by Gasteiger charge is -2.11. The molecule has 0 aromatic carbocycles. The molecule has 0 aliphatic heterocycles. The molecule has 0 aliphatic carbocycles. The predicted octanol–water partition coefficient (Wildman–Crippen LogP) is 1.36. The van der Waals surface area contributed by atoms with Gasteiger partial charge in [0.25, 0.3) is 0 Å². The fourth-order valence-electron chi connectivity index (χ4n) is 0.430. The van der Waals surface area contributed by atoms with Crippen LogP contribution in [-0.4, -0.2) is 21.3 Å². The van der Waals surface area contributed by atoms with Crippen LogP contribution in [0.1, 0.15) is 6.42 Å². The third-order valence-corrected chi connectivity index (χ3v) is 3.21. The van der Waals surface area contributed by atoms with E-state index in [1.807, 2.05) is 0 Å². The Labute approximate surface area is 85.2 Å². The van der Waals surface area contributed by atoms with Crippen LogP contribution in [0.4, 0.5) is 0 Å². The second-order valence-corrected chi connectivity index (χ2v) is 5.51. The molecule has 1 unspecified atom stereocenters. The Morgan fingerprint density at radius 1 is 1.36 bits per heavy atom. The van der Waals surface area contributed by atoms with Crippen molar-refractivity contribution in [2.75, 3.05) is 6.61 Å². The highest BCUT2D eigenvalue weighted by molar-refractivity contribution is 7.60. The minimum atomic E-state index is -5.04. The maximum Gasteiger partial charge on any atom is 0.481 e. The molecular formula is C4H9ClO7P2. The van der Waals surface area contributed by atoms with Crippen molar-refractivity contribution in [2.24, 2.45) is 0 Å². The lowest BCUT2D eigenvalue weighted by atomic mass is 10.5. The van der Waals surface area contributed by atoms with Gasteiger partial charge in [0.15, 0.2) is 0 Å². The molecule has 0 amide bonds. The molecule has 0 aromatic heterocycles. The topological polar surface area (TPSA) is 113 Å². The average molecular weight is 267 g/mol. The van der Waals surface area contributed by atoms with Crippen molar-refractivity contribution in [3.8, 4) is 0 Å². The van der Waals surface area contributed by atoms with Crippen molar-refractivity contribution in [3.63, 3.8) is 0 Å². The van der Waals surface area contributed by atoms with E-state index < -0.39 is 15.6 Å². The highest BCUT2D eigenvalue weighted by Crippen LogP contribution is 2.57. The summed E-state index contributed by atoms with van der Waals surface area (Å²) in [5.74, 6) is 0. The summed E-state index contributed by atoms with van der Waals surface area (Å²) in [5.41, 5.74) is 0. The Morgan fingerprint density at radius 2 is 1.86 bits per heavy atom. The molecule has 0 rings (SSSR count). The number of hydrogen-bond donors (Lipinski definition) is 3. The molecule has 14 heavy (non-hydrogen) atoms. The van der Waals surface area contributed by atoms with Gasteiger partial charge in [-0.15, -0.1) is 0 Å². The first-order valence-electron chi connectivity index (χ1n) is 3.20. The van der Waals surface area contributed by atoms with Crippen molar-refractivity contribution in [3.05, 3.63) is 11.6 Å². The Kier molecular flexibility index (Phi) is 5.51. The van der Waals surface area contributed by atoms with E-state index in [1.165, 1.54) is 0 Å². The fraction of sp³-hybridized carbons (Fsp3) is 0.500. The van der Waals surface area contributed by atoms with Crippen molar-refractivity contribution in [2.45, 2.75) is 6.42 Å². The average Bonchev–Trinajstić information content (AvgIpc) is 1.78. The smallest absolute Gasteiger partial charge is 0.302 e. The van der Waals surface area contributed by atoms with Gasteiger partial charge < -0.3 is 14.7 Å². The predicted molar refractivity (Wildman–Crippen MR) is 48.5 cm³/mol. The molecule has 0 heterocycles. The molecule has 7 nitrogen and oxygen atoms in total. The van der Waals surface area contributed by atoms with Gasteiger partial charge in [-0.25, -0.2) is 9.13 Å². The molecule has 0 radical (unpaired) electrons. The van der Waals surface area contributed by atoms with Crippen LogP contribution in [-0.2, 0) is 18.0 Å². The van der Waals surface area contributed by atoms with E-state index in [0.717, 1.165) is 0 Å². The van der Waals surface area contributed by atoms with Gasteiger partial charge in [-0.3, -0.25) is 4.52 Å². The second-order valence-electron chi connectivity index (χ2n) is 2.14. The van der Waals surface area contributed by atoms with E-state index in [9.17, 15) is 9.13 Å². The van der Waals surface area contributed by atoms with E-state index in [4.69, 9.17) is 26.3 Å². The second kappa shape index (κ2) is 5.39. The van der Waals surface area contributed by atoms with Crippen LogP contribution in [0.15, 0.2) is 11.6 Å². The normalized spacial score (nSPS) is 16.3. The number of hydrogen-bond acceptors (Lipinski definition) is 4. The van der Waals surface area contributed by atoms with Crippen LogP contribution in [0.3, 0.4) is 0 Å². The van der Waals surface area contributed by atoms with E-state index in [-0.39, 0.29) is 18.1 Å². The van der Waals surface area contributed by atoms with Gasteiger partial charge >= 0.3 is 15.6 Å². The Morgan fingerprint density at radius 3 is 2.21 bits per heavy atom. The molecule has 0 saturated heterocycles. The molecule has 0 bridgehead atoms. The SMILES string of the molecule is C=C(Cl)CCOP(=O)(O)OP(=O)(O)O. The standard InChI is InChI=1S/C4H9ClO7P2/c1-4(5)2-3-11-14(9,10)12-13(6,7)8/h1-3H2,(H,9,10)(H2,6,7,8). The molecule has 10 heteroatoms. The molecular weight excluding hydrogens is 257 g/mol. The molecule has 84 valence electrons. The number of phosphoric ester groups is 1. The molecule has 0 aromatic rings. The highest BCUT2D eigenvalue weighted by atomic mass is 35.5. The van der Waals surface area contributed by atoms with Crippen molar-refractivity contribution in [1.29, 1.82) is 0 Å². The summed E-state index contributed by atoms with van der Waals surface area (Å²) in [6.07, 6.45) is 0.0661. The van der Waals surface area contributed by atoms with Crippen LogP contribution in [0.2, 0.25) is 0 Å². The summed E-state index contributed by atoms with van der Waals surface area (Å²) >= 11 is 5.30. The number of halogens is 1. The maximum atomic E-state index is 10.8. The van der Waals surface area contributed by atoms with E-state index >= 15 is 0 Å². The molecule has 0 fully saturated rings. The van der Waals surface area contributed by atoms with Crippen LogP contribution in [0.5, 0.6) is 0 Å². The van der Waals surface area contributed by atoms with E-state index in [1.54, 1.807) is 0 Å². The minimum Gasteiger partial charge on any atom is -0.302 e. The lowest BCUT2D eigenvalue weighted by molar-refractivity contribution is 0.180. The fourth-order valence-corrected chi connectivity index (χ4v) is 2.09. The first kappa shape index (κ1) is 14.3. The van der Waals surface area contributed by atoms with Gasteiger partial charge in [0.05, 0.1) is 6.61 Å². The quantitative estimate of drug-likeness (QED) is 0.622. The molecule has 0 saturated carbocycles. The largest absolute Gasteiger partial charge is 0.481 e. The lowest BCUT2D eigenvalue weighted by Crippen LogP contribution is -1.95. The zero-order chi connectivity index (χ0) is 11.4. The monoisotopic (exact) mass is 266 g/mol. The van der Waals surface area contributed by atoms with Crippen LogP contribution in [0, 0.1) is 0 Å². The zero-order valence-corrected chi connectivity index (χ0v) is 9.41. The number of rotatable bonds is 6. The summed E-state index contributed by atoms with van der Waals surface area (Å²) in [6.45, 7) is 2.95. The summed E-state index contributed by atoms with van der Waals surface area (Å²) < 4.78 is 28.6. The van der Waals surface area contributed by atoms with Crippen LogP contribution >= 0.6 is 27.2 Å². The van der Waals surface area contributed by atoms with Gasteiger partial charge in [0.1, 0.15) is 0 Å². The minimum absolute atomic E-state index is 0.0661. The Bertz CT molecular complexity index is 296. The molecule has 3 N–H and O–H groups in total. The van der Waals surface area contributed by atoms with Crippen molar-refractivity contribution < 1.29 is 32.6 Å². The third-order valence-electron chi connectivity index (χ3n) is 0.837. The summed E-state index contributed by atoms with van der Waals surface area (Å²) in [5, 5.41) is 0.182. The van der Waals surface area contributed by atoms with Crippen molar-refractivity contribution >= 4 is 27.2 Å². The van der Waals surface area contributed by atoms with Crippen molar-refractivity contribution in [1.82, 2.24) is 0 Å². The summed E-state index contributed by atoms with van der Waals surface area (Å²) in [6, 6.07) is 0. The zero-order valence-electron chi connectivity index (χ0n) is 6.87. The highest BCUT2D eigenvalue weighted by Gasteiger charge is 2.31. The number of phosphoric acid groups is 2. The molecule has 1 atom stereocenters. The summed E-state index contributed by atoms with van der Waals surface area (Å²) in [7, 11) is -9.78. The molecule has 0 aliphatic rings. The summed E-state index contributed by atoms with van der Waals surface area (Å²) in [4.78, 5) is 25.1. The van der Waals surface area contributed by atoms with Gasteiger partial charge in [0, 0.05) is 11.5 Å². The van der Waals surface area contributed by atoms with E-state index in [2.05, 4.69) is 15.4 Å².